The van der Waals surface area contributed by atoms with Crippen molar-refractivity contribution in [3.63, 3.8) is 0 Å². The molecular formula is C25H31NO5. The number of carbonyl (C=O) groups is 1. The van der Waals surface area contributed by atoms with Gasteiger partial charge in [-0.05, 0) is 54.5 Å². The molecule has 2 aromatic rings. The van der Waals surface area contributed by atoms with Crippen LogP contribution in [0.1, 0.15) is 41.3 Å². The van der Waals surface area contributed by atoms with Crippen LogP contribution in [-0.2, 0) is 11.3 Å². The van der Waals surface area contributed by atoms with Gasteiger partial charge in [-0.15, -0.1) is 0 Å². The van der Waals surface area contributed by atoms with Gasteiger partial charge in [0.1, 0.15) is 31.1 Å². The topological polar surface area (TPSA) is 67.8 Å². The number of quaternary nitrogens is 1. The first kappa shape index (κ1) is 23.0. The molecule has 0 saturated carbocycles. The maximum Gasteiger partial charge on any atom is 0.185 e. The molecule has 0 radical (unpaired) electrons. The van der Waals surface area contributed by atoms with Crippen LogP contribution in [0.4, 0.5) is 0 Å². The van der Waals surface area contributed by atoms with Crippen LogP contribution in [-0.4, -0.2) is 50.4 Å². The lowest BCUT2D eigenvalue weighted by Gasteiger charge is -2.45. The zero-order valence-corrected chi connectivity index (χ0v) is 18.3. The highest BCUT2D eigenvalue weighted by Gasteiger charge is 2.23. The van der Waals surface area contributed by atoms with Crippen molar-refractivity contribution in [1.29, 1.82) is 0 Å². The lowest BCUT2D eigenvalue weighted by molar-refractivity contribution is -0.901. The Morgan fingerprint density at radius 3 is 2.58 bits per heavy atom. The SMILES string of the molecule is CCCCOc1cc(/C=C/C(=O)c2ccc(OC)cc2)ccc1C[N+]1([O-])CCOCC1. The molecule has 1 heterocycles. The van der Waals surface area contributed by atoms with E-state index in [1.807, 2.05) is 18.2 Å². The fourth-order valence-corrected chi connectivity index (χ4v) is 3.43. The van der Waals surface area contributed by atoms with Crippen molar-refractivity contribution in [2.45, 2.75) is 26.3 Å². The highest BCUT2D eigenvalue weighted by atomic mass is 16.6. The van der Waals surface area contributed by atoms with E-state index in [1.165, 1.54) is 0 Å². The Morgan fingerprint density at radius 1 is 1.16 bits per heavy atom. The summed E-state index contributed by atoms with van der Waals surface area (Å²) in [6.45, 7) is 4.95. The molecule has 0 atom stereocenters. The molecule has 6 nitrogen and oxygen atoms in total. The molecule has 1 fully saturated rings. The van der Waals surface area contributed by atoms with Gasteiger partial charge in [0.05, 0.1) is 26.9 Å². The monoisotopic (exact) mass is 425 g/mol. The van der Waals surface area contributed by atoms with Crippen LogP contribution in [0.5, 0.6) is 11.5 Å². The highest BCUT2D eigenvalue weighted by Crippen LogP contribution is 2.27. The molecule has 2 aromatic carbocycles. The molecule has 0 spiro atoms. The molecule has 6 heteroatoms. The van der Waals surface area contributed by atoms with E-state index < -0.39 is 0 Å². The lowest BCUT2D eigenvalue weighted by Crippen LogP contribution is -2.49. The summed E-state index contributed by atoms with van der Waals surface area (Å²) >= 11 is 0. The maximum atomic E-state index is 13.0. The number of morpholine rings is 1. The highest BCUT2D eigenvalue weighted by molar-refractivity contribution is 6.06. The van der Waals surface area contributed by atoms with E-state index in [-0.39, 0.29) is 10.4 Å². The molecule has 0 unspecified atom stereocenters. The molecule has 31 heavy (non-hydrogen) atoms. The Balaban J connectivity index is 1.75. The van der Waals surface area contributed by atoms with Crippen molar-refractivity contribution in [3.8, 4) is 11.5 Å². The smallest absolute Gasteiger partial charge is 0.185 e. The summed E-state index contributed by atoms with van der Waals surface area (Å²) in [5, 5.41) is 13.0. The van der Waals surface area contributed by atoms with E-state index in [9.17, 15) is 10.0 Å². The number of ketones is 1. The predicted octanol–water partition coefficient (Wildman–Crippen LogP) is 4.62. The molecule has 0 amide bonds. The molecular weight excluding hydrogens is 394 g/mol. The van der Waals surface area contributed by atoms with Crippen molar-refractivity contribution in [2.24, 2.45) is 0 Å². The van der Waals surface area contributed by atoms with E-state index in [2.05, 4.69) is 6.92 Å². The summed E-state index contributed by atoms with van der Waals surface area (Å²) < 4.78 is 16.2. The minimum Gasteiger partial charge on any atom is -0.632 e. The number of hydrogen-bond acceptors (Lipinski definition) is 5. The van der Waals surface area contributed by atoms with E-state index >= 15 is 0 Å². The zero-order valence-electron chi connectivity index (χ0n) is 18.3. The van der Waals surface area contributed by atoms with Gasteiger partial charge in [0.2, 0.25) is 0 Å². The van der Waals surface area contributed by atoms with Gasteiger partial charge in [-0.1, -0.05) is 25.5 Å². The minimum atomic E-state index is -0.296. The molecule has 0 aliphatic carbocycles. The van der Waals surface area contributed by atoms with Gasteiger partial charge < -0.3 is 24.1 Å². The number of rotatable bonds is 10. The molecule has 1 aliphatic heterocycles. The van der Waals surface area contributed by atoms with Crippen LogP contribution in [0.2, 0.25) is 0 Å². The first-order valence-electron chi connectivity index (χ1n) is 10.8. The maximum absolute atomic E-state index is 13.0. The van der Waals surface area contributed by atoms with Crippen molar-refractivity contribution in [1.82, 2.24) is 0 Å². The second kappa shape index (κ2) is 11.1. The summed E-state index contributed by atoms with van der Waals surface area (Å²) in [4.78, 5) is 12.5. The third-order valence-corrected chi connectivity index (χ3v) is 5.39. The fraction of sp³-hybridized carbons (Fsp3) is 0.400. The standard InChI is InChI=1S/C25H31NO5/c1-3-4-15-31-25-18-20(5-7-22(25)19-26(28)13-16-30-17-14-26)6-12-24(27)21-8-10-23(29-2)11-9-21/h5-12,18H,3-4,13-17,19H2,1-2H3/b12-6+. The van der Waals surface area contributed by atoms with Gasteiger partial charge in [0, 0.05) is 11.1 Å². The number of allylic oxidation sites excluding steroid dienone is 1. The number of carbonyl (C=O) groups excluding carboxylic acids is 1. The molecule has 0 aromatic heterocycles. The Hall–Kier alpha value is -2.67. The normalized spacial score (nSPS) is 15.7. The first-order chi connectivity index (χ1) is 15.0. The fourth-order valence-electron chi connectivity index (χ4n) is 3.43. The summed E-state index contributed by atoms with van der Waals surface area (Å²) in [6, 6.07) is 12.8. The second-order valence-electron chi connectivity index (χ2n) is 7.77. The van der Waals surface area contributed by atoms with Gasteiger partial charge in [-0.2, -0.15) is 0 Å². The summed E-state index contributed by atoms with van der Waals surface area (Å²) in [6.07, 6.45) is 5.31. The summed E-state index contributed by atoms with van der Waals surface area (Å²) in [7, 11) is 1.59. The Bertz CT molecular complexity index is 885. The number of ether oxygens (including phenoxy) is 3. The van der Waals surface area contributed by atoms with Gasteiger partial charge in [0.25, 0.3) is 0 Å². The van der Waals surface area contributed by atoms with Crippen molar-refractivity contribution < 1.29 is 23.7 Å². The van der Waals surface area contributed by atoms with E-state index in [0.29, 0.717) is 56.5 Å². The molecule has 166 valence electrons. The van der Waals surface area contributed by atoms with Gasteiger partial charge in [-0.25, -0.2) is 0 Å². The minimum absolute atomic E-state index is 0.0856. The van der Waals surface area contributed by atoms with Gasteiger partial charge in [-0.3, -0.25) is 4.79 Å². The van der Waals surface area contributed by atoms with Crippen molar-refractivity contribution in [2.75, 3.05) is 40.0 Å². The second-order valence-corrected chi connectivity index (χ2v) is 7.77. The quantitative estimate of drug-likeness (QED) is 0.183. The Kier molecular flexibility index (Phi) is 8.23. The first-order valence-corrected chi connectivity index (χ1v) is 10.8. The summed E-state index contributed by atoms with van der Waals surface area (Å²) in [5.74, 6) is 1.34. The van der Waals surface area contributed by atoms with Crippen LogP contribution in [0, 0.1) is 5.21 Å². The molecule has 3 rings (SSSR count). The largest absolute Gasteiger partial charge is 0.632 e. The van der Waals surface area contributed by atoms with E-state index in [1.54, 1.807) is 43.5 Å². The molecule has 1 saturated heterocycles. The summed E-state index contributed by atoms with van der Waals surface area (Å²) in [5.41, 5.74) is 2.35. The van der Waals surface area contributed by atoms with E-state index in [0.717, 1.165) is 24.0 Å². The van der Waals surface area contributed by atoms with Gasteiger partial charge >= 0.3 is 0 Å². The number of methoxy groups -OCH3 is 1. The van der Waals surface area contributed by atoms with Crippen molar-refractivity contribution in [3.05, 3.63) is 70.4 Å². The van der Waals surface area contributed by atoms with Crippen LogP contribution in [0.25, 0.3) is 6.08 Å². The Labute approximate surface area is 184 Å². The molecule has 0 bridgehead atoms. The molecule has 1 aliphatic rings. The van der Waals surface area contributed by atoms with Crippen LogP contribution in [0.15, 0.2) is 48.5 Å². The average molecular weight is 426 g/mol. The molecule has 0 N–H and O–H groups in total. The number of hydrogen-bond donors (Lipinski definition) is 0. The number of nitrogens with zero attached hydrogens (tertiary/aromatic N) is 1. The zero-order chi connectivity index (χ0) is 22.1. The number of hydroxylamine groups is 3. The van der Waals surface area contributed by atoms with Crippen LogP contribution >= 0.6 is 0 Å². The van der Waals surface area contributed by atoms with Crippen LogP contribution < -0.4 is 9.47 Å². The lowest BCUT2D eigenvalue weighted by atomic mass is 10.1. The van der Waals surface area contributed by atoms with Gasteiger partial charge in [0.15, 0.2) is 5.78 Å². The number of benzene rings is 2. The Morgan fingerprint density at radius 2 is 1.90 bits per heavy atom. The van der Waals surface area contributed by atoms with E-state index in [4.69, 9.17) is 14.2 Å². The number of unbranched alkanes of at least 4 members (excludes halogenated alkanes) is 1. The van der Waals surface area contributed by atoms with Crippen LogP contribution in [0.3, 0.4) is 0 Å². The van der Waals surface area contributed by atoms with Crippen molar-refractivity contribution >= 4 is 11.9 Å². The predicted molar refractivity (Wildman–Crippen MR) is 121 cm³/mol. The average Bonchev–Trinajstić information content (AvgIpc) is 2.79. The third-order valence-electron chi connectivity index (χ3n) is 5.39. The third kappa shape index (κ3) is 6.66.